The molecule has 0 spiro atoms. The predicted octanol–water partition coefficient (Wildman–Crippen LogP) is 8.91. The Morgan fingerprint density at radius 1 is 0.719 bits per heavy atom. The fraction of sp³-hybridized carbons (Fsp3) is 0.500. The van der Waals surface area contributed by atoms with E-state index in [9.17, 15) is 4.79 Å². The maximum Gasteiger partial charge on any atom is 0.338 e. The lowest BCUT2D eigenvalue weighted by Gasteiger charge is -2.10. The fourth-order valence-electron chi connectivity index (χ4n) is 3.82. The normalized spacial score (nSPS) is 12.7. The lowest BCUT2D eigenvalue weighted by Crippen LogP contribution is -2.09. The summed E-state index contributed by atoms with van der Waals surface area (Å²) in [6.45, 7) is 17.2. The molecule has 1 aromatic rings. The molecule has 1 aromatic carbocycles. The fourth-order valence-corrected chi connectivity index (χ4v) is 3.82. The summed E-state index contributed by atoms with van der Waals surface area (Å²) in [6.07, 6.45) is 15.6. The maximum absolute atomic E-state index is 12.5. The summed E-state index contributed by atoms with van der Waals surface area (Å²) in [5.41, 5.74) is 9.41. The van der Waals surface area contributed by atoms with Crippen LogP contribution in [0.3, 0.4) is 0 Å². The third-order valence-electron chi connectivity index (χ3n) is 5.68. The molecule has 0 heterocycles. The van der Waals surface area contributed by atoms with Crippen molar-refractivity contribution >= 4 is 5.97 Å². The molecule has 0 saturated carbocycles. The Kier molecular flexibility index (Phi) is 12.7. The topological polar surface area (TPSA) is 26.3 Å². The second-order valence-corrected chi connectivity index (χ2v) is 9.42. The van der Waals surface area contributed by atoms with Crippen molar-refractivity contribution in [1.29, 1.82) is 0 Å². The first-order valence-corrected chi connectivity index (χ1v) is 11.9. The Labute approximate surface area is 197 Å². The van der Waals surface area contributed by atoms with Crippen LogP contribution < -0.4 is 0 Å². The SMILES string of the molecule is CC(C)=CCCC(C)=CCCC(C)=CCCC(C)=CCOC(=O)c1c(C)cc(C)cc1C. The minimum absolute atomic E-state index is 0.232. The number of hydrogen-bond donors (Lipinski definition) is 0. The Bertz CT molecular complexity index is 851. The van der Waals surface area contributed by atoms with Gasteiger partial charge in [-0.2, -0.15) is 0 Å². The molecule has 2 heteroatoms. The molecule has 0 aliphatic rings. The first-order chi connectivity index (χ1) is 15.1. The average Bonchev–Trinajstić information content (AvgIpc) is 2.66. The molecule has 0 radical (unpaired) electrons. The summed E-state index contributed by atoms with van der Waals surface area (Å²) >= 11 is 0. The molecule has 0 unspecified atom stereocenters. The van der Waals surface area contributed by atoms with E-state index in [2.05, 4.69) is 52.8 Å². The Hall–Kier alpha value is -2.35. The molecule has 1 rings (SSSR count). The molecule has 2 nitrogen and oxygen atoms in total. The number of carbonyl (C=O) groups excluding carboxylic acids is 1. The van der Waals surface area contributed by atoms with Crippen molar-refractivity contribution in [1.82, 2.24) is 0 Å². The van der Waals surface area contributed by atoms with Crippen LogP contribution in [0.2, 0.25) is 0 Å². The van der Waals surface area contributed by atoms with Gasteiger partial charge >= 0.3 is 5.97 Å². The van der Waals surface area contributed by atoms with Crippen LogP contribution in [-0.4, -0.2) is 12.6 Å². The number of carbonyl (C=O) groups is 1. The van der Waals surface area contributed by atoms with Crippen LogP contribution in [0.5, 0.6) is 0 Å². The summed E-state index contributed by atoms with van der Waals surface area (Å²) in [5, 5.41) is 0. The lowest BCUT2D eigenvalue weighted by atomic mass is 10.00. The van der Waals surface area contributed by atoms with Crippen molar-refractivity contribution in [2.75, 3.05) is 6.61 Å². The molecule has 176 valence electrons. The molecule has 0 aliphatic heterocycles. The maximum atomic E-state index is 12.5. The molecule has 0 fully saturated rings. The van der Waals surface area contributed by atoms with E-state index in [0.717, 1.165) is 49.7 Å². The predicted molar refractivity (Wildman–Crippen MR) is 139 cm³/mol. The van der Waals surface area contributed by atoms with Gasteiger partial charge in [0.1, 0.15) is 6.61 Å². The number of rotatable bonds is 12. The van der Waals surface area contributed by atoms with Crippen LogP contribution in [0.15, 0.2) is 58.7 Å². The van der Waals surface area contributed by atoms with Gasteiger partial charge in [0.2, 0.25) is 0 Å². The number of benzene rings is 1. The van der Waals surface area contributed by atoms with Crippen molar-refractivity contribution in [3.8, 4) is 0 Å². The van der Waals surface area contributed by atoms with Crippen LogP contribution in [0, 0.1) is 20.8 Å². The van der Waals surface area contributed by atoms with E-state index in [1.165, 1.54) is 27.9 Å². The van der Waals surface area contributed by atoms with Crippen molar-refractivity contribution in [2.24, 2.45) is 0 Å². The van der Waals surface area contributed by atoms with E-state index in [0.29, 0.717) is 12.2 Å². The number of ether oxygens (including phenoxy) is 1. The minimum Gasteiger partial charge on any atom is -0.458 e. The van der Waals surface area contributed by atoms with Crippen LogP contribution in [0.25, 0.3) is 0 Å². The first kappa shape index (κ1) is 27.7. The number of hydrogen-bond acceptors (Lipinski definition) is 2. The molecule has 0 aliphatic carbocycles. The molecular weight excluding hydrogens is 392 g/mol. The summed E-state index contributed by atoms with van der Waals surface area (Å²) in [4.78, 5) is 12.5. The van der Waals surface area contributed by atoms with E-state index in [4.69, 9.17) is 4.74 Å². The zero-order valence-corrected chi connectivity index (χ0v) is 21.7. The van der Waals surface area contributed by atoms with Gasteiger partial charge in [0.05, 0.1) is 5.56 Å². The molecule has 0 saturated heterocycles. The van der Waals surface area contributed by atoms with Crippen LogP contribution in [0.4, 0.5) is 0 Å². The molecule has 0 atom stereocenters. The third-order valence-corrected chi connectivity index (χ3v) is 5.68. The van der Waals surface area contributed by atoms with Crippen LogP contribution in [0.1, 0.15) is 100 Å². The van der Waals surface area contributed by atoms with Gasteiger partial charge in [0, 0.05) is 0 Å². The van der Waals surface area contributed by atoms with Crippen molar-refractivity contribution in [3.05, 3.63) is 81.0 Å². The molecule has 32 heavy (non-hydrogen) atoms. The van der Waals surface area contributed by atoms with Gasteiger partial charge < -0.3 is 4.74 Å². The van der Waals surface area contributed by atoms with Crippen molar-refractivity contribution in [2.45, 2.75) is 93.9 Å². The molecule has 0 bridgehead atoms. The van der Waals surface area contributed by atoms with Gasteiger partial charge in [0.15, 0.2) is 0 Å². The van der Waals surface area contributed by atoms with Gasteiger partial charge in [-0.3, -0.25) is 0 Å². The second kappa shape index (κ2) is 14.7. The van der Waals surface area contributed by atoms with Crippen LogP contribution in [-0.2, 0) is 4.74 Å². The van der Waals surface area contributed by atoms with Crippen LogP contribution >= 0.6 is 0 Å². The first-order valence-electron chi connectivity index (χ1n) is 11.9. The number of esters is 1. The lowest BCUT2D eigenvalue weighted by molar-refractivity contribution is 0.0547. The zero-order valence-electron chi connectivity index (χ0n) is 21.7. The van der Waals surface area contributed by atoms with Gasteiger partial charge in [-0.25, -0.2) is 4.79 Å². The van der Waals surface area contributed by atoms with Crippen molar-refractivity contribution < 1.29 is 9.53 Å². The Morgan fingerprint density at radius 3 is 1.62 bits per heavy atom. The summed E-state index contributed by atoms with van der Waals surface area (Å²) in [5.74, 6) is -0.232. The van der Waals surface area contributed by atoms with Crippen molar-refractivity contribution in [3.63, 3.8) is 0 Å². The standard InChI is InChI=1S/C30H44O2/c1-22(2)12-9-13-23(3)14-10-15-24(4)16-11-17-25(5)18-19-32-30(31)29-27(7)20-26(6)21-28(29)8/h12,14,16,18,20-21H,9-11,13,15,17,19H2,1-8H3. The van der Waals surface area contributed by atoms with E-state index in [-0.39, 0.29) is 5.97 Å². The monoisotopic (exact) mass is 436 g/mol. The average molecular weight is 437 g/mol. The number of aryl methyl sites for hydroxylation is 3. The van der Waals surface area contributed by atoms with Gasteiger partial charge in [0.25, 0.3) is 0 Å². The zero-order chi connectivity index (χ0) is 24.1. The van der Waals surface area contributed by atoms with E-state index in [1.807, 2.05) is 39.0 Å². The molecule has 0 aromatic heterocycles. The van der Waals surface area contributed by atoms with Gasteiger partial charge in [-0.05, 0) is 111 Å². The summed E-state index contributed by atoms with van der Waals surface area (Å²) < 4.78 is 5.50. The Balaban J connectivity index is 2.37. The van der Waals surface area contributed by atoms with E-state index >= 15 is 0 Å². The highest BCUT2D eigenvalue weighted by molar-refractivity contribution is 5.92. The van der Waals surface area contributed by atoms with E-state index in [1.54, 1.807) is 0 Å². The third kappa shape index (κ3) is 11.3. The highest BCUT2D eigenvalue weighted by atomic mass is 16.5. The molecular formula is C30H44O2. The largest absolute Gasteiger partial charge is 0.458 e. The number of allylic oxidation sites excluding steroid dienone is 7. The quantitative estimate of drug-likeness (QED) is 0.241. The summed E-state index contributed by atoms with van der Waals surface area (Å²) in [6, 6.07) is 4.06. The molecule has 0 N–H and O–H groups in total. The minimum atomic E-state index is -0.232. The highest BCUT2D eigenvalue weighted by Gasteiger charge is 2.13. The van der Waals surface area contributed by atoms with Gasteiger partial charge in [-0.1, -0.05) is 58.2 Å². The van der Waals surface area contributed by atoms with E-state index < -0.39 is 0 Å². The highest BCUT2D eigenvalue weighted by Crippen LogP contribution is 2.18. The smallest absolute Gasteiger partial charge is 0.338 e. The Morgan fingerprint density at radius 2 is 1.16 bits per heavy atom. The second-order valence-electron chi connectivity index (χ2n) is 9.42. The summed E-state index contributed by atoms with van der Waals surface area (Å²) in [7, 11) is 0. The van der Waals surface area contributed by atoms with Gasteiger partial charge in [-0.15, -0.1) is 0 Å². The molecule has 0 amide bonds.